The summed E-state index contributed by atoms with van der Waals surface area (Å²) in [6.07, 6.45) is 3.36. The molecule has 78 valence electrons. The van der Waals surface area contributed by atoms with Gasteiger partial charge < -0.3 is 4.90 Å². The van der Waals surface area contributed by atoms with Gasteiger partial charge in [-0.25, -0.2) is 0 Å². The monoisotopic (exact) mass is 203 g/mol. The molecule has 1 heterocycles. The van der Waals surface area contributed by atoms with E-state index in [-0.39, 0.29) is 5.91 Å². The molecule has 3 heteroatoms. The van der Waals surface area contributed by atoms with E-state index in [0.29, 0.717) is 12.0 Å². The minimum absolute atomic E-state index is 0.121. The fraction of sp³-hybridized carbons (Fsp3) is 0.333. The van der Waals surface area contributed by atoms with Crippen molar-refractivity contribution in [3.8, 4) is 0 Å². The third-order valence-corrected chi connectivity index (χ3v) is 2.68. The summed E-state index contributed by atoms with van der Waals surface area (Å²) in [6, 6.07) is 7.23. The van der Waals surface area contributed by atoms with Crippen LogP contribution in [-0.4, -0.2) is 18.7 Å². The van der Waals surface area contributed by atoms with E-state index in [0.717, 1.165) is 31.4 Å². The van der Waals surface area contributed by atoms with E-state index in [4.69, 9.17) is 0 Å². The Morgan fingerprint density at radius 1 is 1.20 bits per heavy atom. The molecule has 1 aliphatic heterocycles. The molecular weight excluding hydrogens is 190 g/mol. The van der Waals surface area contributed by atoms with Crippen molar-refractivity contribution in [3.05, 3.63) is 29.8 Å². The third-order valence-electron chi connectivity index (χ3n) is 2.68. The van der Waals surface area contributed by atoms with E-state index < -0.39 is 0 Å². The zero-order chi connectivity index (χ0) is 10.7. The van der Waals surface area contributed by atoms with Gasteiger partial charge >= 0.3 is 0 Å². The second-order valence-corrected chi connectivity index (χ2v) is 3.68. The first kappa shape index (κ1) is 9.90. The average Bonchev–Trinajstić information content (AvgIpc) is 2.30. The number of rotatable bonds is 2. The predicted octanol–water partition coefficient (Wildman–Crippen LogP) is 2.02. The van der Waals surface area contributed by atoms with Gasteiger partial charge in [-0.3, -0.25) is 9.59 Å². The average molecular weight is 203 g/mol. The molecule has 1 aromatic rings. The Bertz CT molecular complexity index is 387. The van der Waals surface area contributed by atoms with Crippen LogP contribution in [0.1, 0.15) is 29.6 Å². The van der Waals surface area contributed by atoms with Crippen LogP contribution in [0.15, 0.2) is 24.3 Å². The van der Waals surface area contributed by atoms with Gasteiger partial charge in [0.1, 0.15) is 0 Å². The molecule has 0 N–H and O–H groups in total. The molecule has 0 saturated carbocycles. The molecule has 0 atom stereocenters. The van der Waals surface area contributed by atoms with Crippen molar-refractivity contribution in [3.63, 3.8) is 0 Å². The lowest BCUT2D eigenvalue weighted by atomic mass is 10.1. The van der Waals surface area contributed by atoms with Crippen LogP contribution in [0.2, 0.25) is 0 Å². The fourth-order valence-electron chi connectivity index (χ4n) is 1.89. The zero-order valence-electron chi connectivity index (χ0n) is 8.48. The Morgan fingerprint density at radius 3 is 2.73 bits per heavy atom. The molecule has 0 aromatic heterocycles. The van der Waals surface area contributed by atoms with Gasteiger partial charge in [0.05, 0.1) is 5.69 Å². The maximum absolute atomic E-state index is 11.7. The fourth-order valence-corrected chi connectivity index (χ4v) is 1.89. The number of amides is 1. The van der Waals surface area contributed by atoms with Crippen LogP contribution in [0.5, 0.6) is 0 Å². The number of carbonyl (C=O) groups excluding carboxylic acids is 2. The molecule has 0 bridgehead atoms. The van der Waals surface area contributed by atoms with Crippen molar-refractivity contribution in [2.75, 3.05) is 11.4 Å². The van der Waals surface area contributed by atoms with E-state index in [2.05, 4.69) is 0 Å². The maximum Gasteiger partial charge on any atom is 0.226 e. The Kier molecular flexibility index (Phi) is 2.81. The number of aldehydes is 1. The second kappa shape index (κ2) is 4.26. The van der Waals surface area contributed by atoms with Crippen LogP contribution in [0.3, 0.4) is 0 Å². The number of carbonyl (C=O) groups is 2. The number of nitrogens with zero attached hydrogens (tertiary/aromatic N) is 1. The van der Waals surface area contributed by atoms with Gasteiger partial charge in [0, 0.05) is 18.5 Å². The zero-order valence-corrected chi connectivity index (χ0v) is 8.48. The molecule has 1 aliphatic rings. The quantitative estimate of drug-likeness (QED) is 0.689. The van der Waals surface area contributed by atoms with Gasteiger partial charge in [-0.05, 0) is 25.0 Å². The lowest BCUT2D eigenvalue weighted by Gasteiger charge is -2.27. The number of anilines is 1. The van der Waals surface area contributed by atoms with Gasteiger partial charge in [-0.15, -0.1) is 0 Å². The lowest BCUT2D eigenvalue weighted by molar-refractivity contribution is -0.119. The summed E-state index contributed by atoms with van der Waals surface area (Å²) in [5.74, 6) is 0.121. The first-order valence-electron chi connectivity index (χ1n) is 5.17. The van der Waals surface area contributed by atoms with Crippen molar-refractivity contribution in [2.24, 2.45) is 0 Å². The molecule has 3 nitrogen and oxygen atoms in total. The standard InChI is InChI=1S/C12H13NO2/c14-9-10-5-1-2-6-11(10)13-8-4-3-7-12(13)15/h1-2,5-6,9H,3-4,7-8H2. The number of para-hydroxylation sites is 1. The Morgan fingerprint density at radius 2 is 2.00 bits per heavy atom. The van der Waals surface area contributed by atoms with Crippen LogP contribution in [0, 0.1) is 0 Å². The molecule has 1 saturated heterocycles. The molecule has 0 aliphatic carbocycles. The van der Waals surface area contributed by atoms with E-state index >= 15 is 0 Å². The van der Waals surface area contributed by atoms with Crippen LogP contribution in [-0.2, 0) is 4.79 Å². The SMILES string of the molecule is O=Cc1ccccc1N1CCCCC1=O. The molecule has 1 amide bonds. The van der Waals surface area contributed by atoms with Gasteiger partial charge in [0.15, 0.2) is 6.29 Å². The summed E-state index contributed by atoms with van der Waals surface area (Å²) in [5, 5.41) is 0. The summed E-state index contributed by atoms with van der Waals surface area (Å²) >= 11 is 0. The van der Waals surface area contributed by atoms with Gasteiger partial charge in [0.25, 0.3) is 0 Å². The highest BCUT2D eigenvalue weighted by molar-refractivity contribution is 5.98. The summed E-state index contributed by atoms with van der Waals surface area (Å²) < 4.78 is 0. The summed E-state index contributed by atoms with van der Waals surface area (Å²) in [4.78, 5) is 24.2. The maximum atomic E-state index is 11.7. The van der Waals surface area contributed by atoms with Crippen molar-refractivity contribution in [1.82, 2.24) is 0 Å². The van der Waals surface area contributed by atoms with Crippen molar-refractivity contribution < 1.29 is 9.59 Å². The minimum atomic E-state index is 0.121. The highest BCUT2D eigenvalue weighted by Crippen LogP contribution is 2.23. The van der Waals surface area contributed by atoms with Crippen LogP contribution < -0.4 is 4.90 Å². The Hall–Kier alpha value is -1.64. The van der Waals surface area contributed by atoms with Crippen LogP contribution in [0.4, 0.5) is 5.69 Å². The highest BCUT2D eigenvalue weighted by Gasteiger charge is 2.21. The summed E-state index contributed by atoms with van der Waals surface area (Å²) in [6.45, 7) is 0.726. The normalized spacial score (nSPS) is 16.5. The summed E-state index contributed by atoms with van der Waals surface area (Å²) in [5.41, 5.74) is 1.34. The molecule has 1 fully saturated rings. The predicted molar refractivity (Wildman–Crippen MR) is 58.0 cm³/mol. The van der Waals surface area contributed by atoms with Crippen molar-refractivity contribution >= 4 is 17.9 Å². The van der Waals surface area contributed by atoms with Crippen LogP contribution in [0.25, 0.3) is 0 Å². The molecular formula is C12H13NO2. The van der Waals surface area contributed by atoms with E-state index in [1.54, 1.807) is 11.0 Å². The Balaban J connectivity index is 2.34. The largest absolute Gasteiger partial charge is 0.312 e. The van der Waals surface area contributed by atoms with Gasteiger partial charge in [-0.2, -0.15) is 0 Å². The van der Waals surface area contributed by atoms with Crippen LogP contribution >= 0.6 is 0 Å². The lowest BCUT2D eigenvalue weighted by Crippen LogP contribution is -2.35. The van der Waals surface area contributed by atoms with E-state index in [1.807, 2.05) is 18.2 Å². The molecule has 15 heavy (non-hydrogen) atoms. The van der Waals surface area contributed by atoms with Gasteiger partial charge in [0.2, 0.25) is 5.91 Å². The molecule has 2 rings (SSSR count). The first-order valence-corrected chi connectivity index (χ1v) is 5.17. The Labute approximate surface area is 88.7 Å². The van der Waals surface area contributed by atoms with E-state index in [9.17, 15) is 9.59 Å². The first-order chi connectivity index (χ1) is 7.33. The smallest absolute Gasteiger partial charge is 0.226 e. The molecule has 0 unspecified atom stereocenters. The van der Waals surface area contributed by atoms with Gasteiger partial charge in [-0.1, -0.05) is 12.1 Å². The minimum Gasteiger partial charge on any atom is -0.312 e. The third kappa shape index (κ3) is 1.91. The van der Waals surface area contributed by atoms with Crippen molar-refractivity contribution in [1.29, 1.82) is 0 Å². The van der Waals surface area contributed by atoms with E-state index in [1.165, 1.54) is 0 Å². The van der Waals surface area contributed by atoms with Crippen molar-refractivity contribution in [2.45, 2.75) is 19.3 Å². The number of benzene rings is 1. The molecule has 1 aromatic carbocycles. The topological polar surface area (TPSA) is 37.4 Å². The number of piperidine rings is 1. The molecule has 0 spiro atoms. The second-order valence-electron chi connectivity index (χ2n) is 3.68. The molecule has 0 radical (unpaired) electrons. The highest BCUT2D eigenvalue weighted by atomic mass is 16.2. The number of hydrogen-bond acceptors (Lipinski definition) is 2. The summed E-state index contributed by atoms with van der Waals surface area (Å²) in [7, 11) is 0. The number of hydrogen-bond donors (Lipinski definition) is 0.